The van der Waals surface area contributed by atoms with Crippen molar-refractivity contribution in [3.8, 4) is 10.8 Å². The number of nitrogens with zero attached hydrogens (tertiary/aromatic N) is 2. The summed E-state index contributed by atoms with van der Waals surface area (Å²) in [5.74, 6) is 1.37. The number of nitrogens with one attached hydrogen (secondary N) is 1. The predicted octanol–water partition coefficient (Wildman–Crippen LogP) is 2.40. The van der Waals surface area contributed by atoms with Crippen LogP contribution in [-0.2, 0) is 6.42 Å². The molecule has 4 nitrogen and oxygen atoms in total. The molecule has 1 N–H and O–H groups in total. The number of aryl methyl sites for hydroxylation is 1. The average molecular weight is 249 g/mol. The Labute approximate surface area is 104 Å². The van der Waals surface area contributed by atoms with Crippen molar-refractivity contribution in [2.75, 3.05) is 6.54 Å². The first-order valence-corrected chi connectivity index (χ1v) is 6.81. The molecule has 1 fully saturated rings. The van der Waals surface area contributed by atoms with Crippen molar-refractivity contribution < 1.29 is 4.42 Å². The maximum Gasteiger partial charge on any atom is 0.257 e. The summed E-state index contributed by atoms with van der Waals surface area (Å²) < 4.78 is 5.66. The van der Waals surface area contributed by atoms with Crippen molar-refractivity contribution in [2.45, 2.75) is 32.2 Å². The van der Waals surface area contributed by atoms with Gasteiger partial charge < -0.3 is 9.73 Å². The quantitative estimate of drug-likeness (QED) is 0.884. The second kappa shape index (κ2) is 4.58. The maximum absolute atomic E-state index is 5.66. The number of rotatable bonds is 5. The summed E-state index contributed by atoms with van der Waals surface area (Å²) >= 11 is 1.64. The summed E-state index contributed by atoms with van der Waals surface area (Å²) in [6.07, 6.45) is 3.43. The summed E-state index contributed by atoms with van der Waals surface area (Å²) in [4.78, 5) is 1.08. The molecular formula is C12H15N3OS. The molecule has 90 valence electrons. The normalized spacial score (nSPS) is 15.4. The zero-order valence-electron chi connectivity index (χ0n) is 9.77. The van der Waals surface area contributed by atoms with Crippen LogP contribution in [0.25, 0.3) is 10.8 Å². The van der Waals surface area contributed by atoms with Gasteiger partial charge in [-0.25, -0.2) is 0 Å². The van der Waals surface area contributed by atoms with Gasteiger partial charge in [0.05, 0.1) is 4.88 Å². The summed E-state index contributed by atoms with van der Waals surface area (Å²) in [7, 11) is 0. The summed E-state index contributed by atoms with van der Waals surface area (Å²) in [6, 6.07) is 2.80. The van der Waals surface area contributed by atoms with Crippen molar-refractivity contribution in [3.05, 3.63) is 22.9 Å². The molecule has 1 aliphatic rings. The standard InChI is InChI=1S/C12H15N3OS/c1-8-5-7-17-11(8)12-15-14-10(16-12)4-6-13-9-2-3-9/h5,7,9,13H,2-4,6H2,1H3. The van der Waals surface area contributed by atoms with Crippen LogP contribution in [0.2, 0.25) is 0 Å². The molecule has 1 saturated carbocycles. The van der Waals surface area contributed by atoms with Gasteiger partial charge in [0, 0.05) is 19.0 Å². The Balaban J connectivity index is 1.63. The monoisotopic (exact) mass is 249 g/mol. The zero-order valence-corrected chi connectivity index (χ0v) is 10.6. The molecule has 0 aromatic carbocycles. The van der Waals surface area contributed by atoms with E-state index in [-0.39, 0.29) is 0 Å². The van der Waals surface area contributed by atoms with Gasteiger partial charge in [-0.2, -0.15) is 0 Å². The third kappa shape index (κ3) is 2.56. The molecule has 0 amide bonds. The van der Waals surface area contributed by atoms with Crippen LogP contribution in [0.15, 0.2) is 15.9 Å². The van der Waals surface area contributed by atoms with E-state index in [1.54, 1.807) is 11.3 Å². The molecule has 0 saturated heterocycles. The zero-order chi connectivity index (χ0) is 11.7. The van der Waals surface area contributed by atoms with Crippen LogP contribution in [0.4, 0.5) is 0 Å². The van der Waals surface area contributed by atoms with Crippen molar-refractivity contribution in [1.82, 2.24) is 15.5 Å². The molecule has 3 rings (SSSR count). The van der Waals surface area contributed by atoms with Crippen LogP contribution >= 0.6 is 11.3 Å². The van der Waals surface area contributed by atoms with Crippen LogP contribution in [0.3, 0.4) is 0 Å². The third-order valence-electron chi connectivity index (χ3n) is 2.87. The van der Waals surface area contributed by atoms with E-state index in [0.717, 1.165) is 29.8 Å². The van der Waals surface area contributed by atoms with E-state index in [9.17, 15) is 0 Å². The van der Waals surface area contributed by atoms with Gasteiger partial charge in [-0.15, -0.1) is 21.5 Å². The highest BCUT2D eigenvalue weighted by molar-refractivity contribution is 7.13. The fourth-order valence-corrected chi connectivity index (χ4v) is 2.55. The topological polar surface area (TPSA) is 51.0 Å². The molecule has 0 unspecified atom stereocenters. The predicted molar refractivity (Wildman–Crippen MR) is 67.1 cm³/mol. The lowest BCUT2D eigenvalue weighted by atomic mass is 10.3. The highest BCUT2D eigenvalue weighted by Crippen LogP contribution is 2.27. The molecule has 2 aromatic heterocycles. The highest BCUT2D eigenvalue weighted by Gasteiger charge is 2.20. The van der Waals surface area contributed by atoms with Crippen LogP contribution in [0.5, 0.6) is 0 Å². The number of hydrogen-bond acceptors (Lipinski definition) is 5. The third-order valence-corrected chi connectivity index (χ3v) is 3.88. The minimum atomic E-state index is 0.652. The molecular weight excluding hydrogens is 234 g/mol. The van der Waals surface area contributed by atoms with Crippen molar-refractivity contribution in [3.63, 3.8) is 0 Å². The van der Waals surface area contributed by atoms with E-state index in [0.29, 0.717) is 5.89 Å². The van der Waals surface area contributed by atoms with E-state index in [1.165, 1.54) is 18.4 Å². The molecule has 2 aromatic rings. The number of hydrogen-bond donors (Lipinski definition) is 1. The van der Waals surface area contributed by atoms with E-state index >= 15 is 0 Å². The molecule has 2 heterocycles. The number of aromatic nitrogens is 2. The molecule has 0 atom stereocenters. The van der Waals surface area contributed by atoms with Crippen LogP contribution in [0, 0.1) is 6.92 Å². The fraction of sp³-hybridized carbons (Fsp3) is 0.500. The first kappa shape index (κ1) is 10.9. The Morgan fingerprint density at radius 2 is 2.35 bits per heavy atom. The smallest absolute Gasteiger partial charge is 0.257 e. The maximum atomic E-state index is 5.66. The Bertz CT molecular complexity index is 501. The molecule has 17 heavy (non-hydrogen) atoms. The van der Waals surface area contributed by atoms with Crippen LogP contribution in [0.1, 0.15) is 24.3 Å². The minimum absolute atomic E-state index is 0.652. The Morgan fingerprint density at radius 1 is 1.47 bits per heavy atom. The van der Waals surface area contributed by atoms with Gasteiger partial charge in [0.25, 0.3) is 5.89 Å². The molecule has 0 aliphatic heterocycles. The van der Waals surface area contributed by atoms with Gasteiger partial charge in [0.15, 0.2) is 0 Å². The summed E-state index contributed by atoms with van der Waals surface area (Å²) in [6.45, 7) is 2.99. The van der Waals surface area contributed by atoms with Crippen LogP contribution < -0.4 is 5.32 Å². The lowest BCUT2D eigenvalue weighted by molar-refractivity contribution is 0.494. The Morgan fingerprint density at radius 3 is 3.06 bits per heavy atom. The number of thiophene rings is 1. The van der Waals surface area contributed by atoms with Gasteiger partial charge in [0.2, 0.25) is 5.89 Å². The minimum Gasteiger partial charge on any atom is -0.420 e. The van der Waals surface area contributed by atoms with E-state index in [2.05, 4.69) is 28.5 Å². The van der Waals surface area contributed by atoms with Gasteiger partial charge >= 0.3 is 0 Å². The first-order chi connectivity index (χ1) is 8.33. The van der Waals surface area contributed by atoms with Crippen molar-refractivity contribution >= 4 is 11.3 Å². The Kier molecular flexibility index (Phi) is 2.94. The SMILES string of the molecule is Cc1ccsc1-c1nnc(CCNC2CC2)o1. The van der Waals surface area contributed by atoms with E-state index in [1.807, 2.05) is 5.38 Å². The highest BCUT2D eigenvalue weighted by atomic mass is 32.1. The van der Waals surface area contributed by atoms with E-state index in [4.69, 9.17) is 4.42 Å². The molecule has 0 bridgehead atoms. The van der Waals surface area contributed by atoms with Gasteiger partial charge in [0.1, 0.15) is 0 Å². The molecule has 0 radical (unpaired) electrons. The lowest BCUT2D eigenvalue weighted by Crippen LogP contribution is -2.19. The molecule has 1 aliphatic carbocycles. The largest absolute Gasteiger partial charge is 0.420 e. The molecule has 0 spiro atoms. The van der Waals surface area contributed by atoms with Gasteiger partial charge in [-0.3, -0.25) is 0 Å². The van der Waals surface area contributed by atoms with Crippen molar-refractivity contribution in [2.24, 2.45) is 0 Å². The first-order valence-electron chi connectivity index (χ1n) is 5.93. The molecule has 5 heteroatoms. The lowest BCUT2D eigenvalue weighted by Gasteiger charge is -1.97. The summed E-state index contributed by atoms with van der Waals surface area (Å²) in [5, 5.41) is 13.7. The second-order valence-corrected chi connectivity index (χ2v) is 5.33. The fourth-order valence-electron chi connectivity index (χ4n) is 1.71. The second-order valence-electron chi connectivity index (χ2n) is 4.41. The van der Waals surface area contributed by atoms with Crippen molar-refractivity contribution in [1.29, 1.82) is 0 Å². The van der Waals surface area contributed by atoms with Crippen LogP contribution in [-0.4, -0.2) is 22.8 Å². The Hall–Kier alpha value is -1.20. The van der Waals surface area contributed by atoms with E-state index < -0.39 is 0 Å². The average Bonchev–Trinajstić information content (AvgIpc) is 2.85. The van der Waals surface area contributed by atoms with Gasteiger partial charge in [-0.05, 0) is 36.8 Å². The summed E-state index contributed by atoms with van der Waals surface area (Å²) in [5.41, 5.74) is 1.20. The van der Waals surface area contributed by atoms with Gasteiger partial charge in [-0.1, -0.05) is 0 Å².